The highest BCUT2D eigenvalue weighted by Crippen LogP contribution is 2.28. The molecular formula is C16H26N2O4S. The molecular weight excluding hydrogens is 316 g/mol. The zero-order chi connectivity index (χ0) is 17.2. The van der Waals surface area contributed by atoms with Gasteiger partial charge in [0.05, 0.1) is 13.2 Å². The van der Waals surface area contributed by atoms with Gasteiger partial charge in [0.2, 0.25) is 10.0 Å². The first-order chi connectivity index (χ1) is 10.8. The maximum absolute atomic E-state index is 12.9. The second kappa shape index (κ2) is 7.17. The summed E-state index contributed by atoms with van der Waals surface area (Å²) in [6.07, 6.45) is 0.993. The molecule has 1 aliphatic heterocycles. The van der Waals surface area contributed by atoms with E-state index in [1.807, 2.05) is 20.0 Å². The fourth-order valence-corrected chi connectivity index (χ4v) is 4.41. The van der Waals surface area contributed by atoms with Crippen molar-refractivity contribution in [3.63, 3.8) is 0 Å². The Hall–Kier alpha value is -1.15. The summed E-state index contributed by atoms with van der Waals surface area (Å²) in [4.78, 5) is 2.36. The van der Waals surface area contributed by atoms with Gasteiger partial charge in [-0.1, -0.05) is 6.07 Å². The lowest BCUT2D eigenvalue weighted by Crippen LogP contribution is -2.39. The van der Waals surface area contributed by atoms with Crippen molar-refractivity contribution in [2.24, 2.45) is 0 Å². The van der Waals surface area contributed by atoms with Gasteiger partial charge in [-0.05, 0) is 38.1 Å². The van der Waals surface area contributed by atoms with Crippen molar-refractivity contribution >= 4 is 10.0 Å². The standard InChI is InChI=1S/C16H26N2O4S/c1-12-6-7-15(22-5)16(8-12)23(19,20)18(3)10-13-9-14(21-4)11-17(13)2/h6-8,13-14H,9-11H2,1-5H3/t13-,14-/m0/s1. The predicted octanol–water partition coefficient (Wildman–Crippen LogP) is 1.34. The molecule has 6 nitrogen and oxygen atoms in total. The fraction of sp³-hybridized carbons (Fsp3) is 0.625. The third-order valence-corrected chi connectivity index (χ3v) is 6.30. The van der Waals surface area contributed by atoms with Crippen LogP contribution in [0.1, 0.15) is 12.0 Å². The smallest absolute Gasteiger partial charge is 0.246 e. The van der Waals surface area contributed by atoms with Crippen LogP contribution in [0.5, 0.6) is 5.75 Å². The van der Waals surface area contributed by atoms with Gasteiger partial charge in [0.25, 0.3) is 0 Å². The van der Waals surface area contributed by atoms with Gasteiger partial charge >= 0.3 is 0 Å². The zero-order valence-electron chi connectivity index (χ0n) is 14.4. The van der Waals surface area contributed by atoms with Crippen molar-refractivity contribution in [3.8, 4) is 5.75 Å². The molecule has 0 radical (unpaired) electrons. The summed E-state index contributed by atoms with van der Waals surface area (Å²) < 4.78 is 37.8. The van der Waals surface area contributed by atoms with E-state index in [0.29, 0.717) is 12.3 Å². The summed E-state index contributed by atoms with van der Waals surface area (Å²) in [6, 6.07) is 5.33. The molecule has 0 aliphatic carbocycles. The van der Waals surface area contributed by atoms with Gasteiger partial charge in [-0.15, -0.1) is 0 Å². The third kappa shape index (κ3) is 3.85. The van der Waals surface area contributed by atoms with Crippen LogP contribution < -0.4 is 4.74 Å². The summed E-state index contributed by atoms with van der Waals surface area (Å²) in [5.41, 5.74) is 0.884. The first-order valence-corrected chi connectivity index (χ1v) is 9.07. The van der Waals surface area contributed by atoms with Gasteiger partial charge in [-0.25, -0.2) is 8.42 Å². The molecule has 0 unspecified atom stereocenters. The van der Waals surface area contributed by atoms with Gasteiger partial charge < -0.3 is 9.47 Å². The predicted molar refractivity (Wildman–Crippen MR) is 89.4 cm³/mol. The summed E-state index contributed by atoms with van der Waals surface area (Å²) in [5, 5.41) is 0. The van der Waals surface area contributed by atoms with E-state index in [0.717, 1.165) is 18.5 Å². The van der Waals surface area contributed by atoms with E-state index in [1.165, 1.54) is 11.4 Å². The van der Waals surface area contributed by atoms with Crippen LogP contribution in [-0.4, -0.2) is 71.2 Å². The number of rotatable bonds is 6. The Balaban J connectivity index is 2.21. The van der Waals surface area contributed by atoms with Crippen molar-refractivity contribution in [2.75, 3.05) is 41.4 Å². The van der Waals surface area contributed by atoms with Crippen LogP contribution in [0.3, 0.4) is 0 Å². The third-order valence-electron chi connectivity index (χ3n) is 4.46. The molecule has 1 heterocycles. The number of methoxy groups -OCH3 is 2. The molecule has 7 heteroatoms. The fourth-order valence-electron chi connectivity index (χ4n) is 2.96. The quantitative estimate of drug-likeness (QED) is 0.781. The lowest BCUT2D eigenvalue weighted by Gasteiger charge is -2.25. The topological polar surface area (TPSA) is 59.1 Å². The van der Waals surface area contributed by atoms with Crippen molar-refractivity contribution < 1.29 is 17.9 Å². The van der Waals surface area contributed by atoms with Gasteiger partial charge in [-0.3, -0.25) is 4.90 Å². The summed E-state index contributed by atoms with van der Waals surface area (Å²) in [5.74, 6) is 0.372. The number of likely N-dealkylation sites (tertiary alicyclic amines) is 1. The first kappa shape index (κ1) is 18.2. The van der Waals surface area contributed by atoms with E-state index in [-0.39, 0.29) is 17.0 Å². The molecule has 2 atom stereocenters. The van der Waals surface area contributed by atoms with Crippen LogP contribution in [0.2, 0.25) is 0 Å². The SMILES string of the molecule is COc1ccc(C)cc1S(=O)(=O)N(C)C[C@@H]1C[C@H](OC)CN1C. The van der Waals surface area contributed by atoms with Gasteiger partial charge in [-0.2, -0.15) is 4.31 Å². The number of hydrogen-bond acceptors (Lipinski definition) is 5. The highest BCUT2D eigenvalue weighted by molar-refractivity contribution is 7.89. The van der Waals surface area contributed by atoms with Crippen LogP contribution in [0, 0.1) is 6.92 Å². The number of aryl methyl sites for hydroxylation is 1. The second-order valence-corrected chi connectivity index (χ2v) is 8.14. The molecule has 0 amide bonds. The zero-order valence-corrected chi connectivity index (χ0v) is 15.3. The maximum Gasteiger partial charge on any atom is 0.246 e. The molecule has 0 N–H and O–H groups in total. The van der Waals surface area contributed by atoms with E-state index in [9.17, 15) is 8.42 Å². The normalized spacial score (nSPS) is 22.7. The van der Waals surface area contributed by atoms with E-state index in [4.69, 9.17) is 9.47 Å². The number of sulfonamides is 1. The van der Waals surface area contributed by atoms with Crippen molar-refractivity contribution in [3.05, 3.63) is 23.8 Å². The van der Waals surface area contributed by atoms with Crippen molar-refractivity contribution in [1.29, 1.82) is 0 Å². The van der Waals surface area contributed by atoms with E-state index >= 15 is 0 Å². The molecule has 1 aromatic carbocycles. The molecule has 130 valence electrons. The average Bonchev–Trinajstić information content (AvgIpc) is 2.87. The van der Waals surface area contributed by atoms with Gasteiger partial charge in [0.1, 0.15) is 10.6 Å². The number of ether oxygens (including phenoxy) is 2. The lowest BCUT2D eigenvalue weighted by molar-refractivity contribution is 0.111. The molecule has 1 fully saturated rings. The Morgan fingerprint density at radius 2 is 2.04 bits per heavy atom. The minimum atomic E-state index is -3.60. The highest BCUT2D eigenvalue weighted by atomic mass is 32.2. The molecule has 0 saturated carbocycles. The Bertz CT molecular complexity index is 647. The molecule has 1 aromatic rings. The molecule has 0 spiro atoms. The molecule has 1 aliphatic rings. The van der Waals surface area contributed by atoms with Crippen LogP contribution in [-0.2, 0) is 14.8 Å². The Labute approximate surface area is 139 Å². The largest absolute Gasteiger partial charge is 0.495 e. The van der Waals surface area contributed by atoms with Crippen LogP contribution >= 0.6 is 0 Å². The minimum Gasteiger partial charge on any atom is -0.495 e. The van der Waals surface area contributed by atoms with E-state index in [2.05, 4.69) is 4.90 Å². The molecule has 1 saturated heterocycles. The van der Waals surface area contributed by atoms with Crippen LogP contribution in [0.25, 0.3) is 0 Å². The minimum absolute atomic E-state index is 0.149. The Morgan fingerprint density at radius 1 is 1.35 bits per heavy atom. The van der Waals surface area contributed by atoms with E-state index in [1.54, 1.807) is 26.3 Å². The van der Waals surface area contributed by atoms with Gasteiger partial charge in [0.15, 0.2) is 0 Å². The van der Waals surface area contributed by atoms with Crippen LogP contribution in [0.15, 0.2) is 23.1 Å². The molecule has 0 aromatic heterocycles. The lowest BCUT2D eigenvalue weighted by atomic mass is 10.2. The van der Waals surface area contributed by atoms with Crippen molar-refractivity contribution in [1.82, 2.24) is 9.21 Å². The maximum atomic E-state index is 12.9. The summed E-state index contributed by atoms with van der Waals surface area (Å²) in [6.45, 7) is 3.12. The highest BCUT2D eigenvalue weighted by Gasteiger charge is 2.33. The first-order valence-electron chi connectivity index (χ1n) is 7.63. The number of benzene rings is 1. The molecule has 0 bridgehead atoms. The molecule has 2 rings (SSSR count). The van der Waals surface area contributed by atoms with Crippen LogP contribution in [0.4, 0.5) is 0 Å². The average molecular weight is 342 g/mol. The summed E-state index contributed by atoms with van der Waals surface area (Å²) >= 11 is 0. The number of likely N-dealkylation sites (N-methyl/N-ethyl adjacent to an activating group) is 2. The van der Waals surface area contributed by atoms with Crippen molar-refractivity contribution in [2.45, 2.75) is 30.4 Å². The second-order valence-electron chi connectivity index (χ2n) is 6.13. The Morgan fingerprint density at radius 3 is 2.61 bits per heavy atom. The monoisotopic (exact) mass is 342 g/mol. The summed E-state index contributed by atoms with van der Waals surface area (Å²) in [7, 11) is 3.19. The number of nitrogens with zero attached hydrogens (tertiary/aromatic N) is 2. The number of hydrogen-bond donors (Lipinski definition) is 0. The van der Waals surface area contributed by atoms with Gasteiger partial charge in [0, 0.05) is 33.3 Å². The molecule has 23 heavy (non-hydrogen) atoms. The Kier molecular flexibility index (Phi) is 5.67. The van der Waals surface area contributed by atoms with E-state index < -0.39 is 10.0 Å².